The molecule has 0 atom stereocenters. The van der Waals surface area contributed by atoms with Crippen LogP contribution in [0.1, 0.15) is 55.8 Å². The monoisotopic (exact) mass is 360 g/mol. The second-order valence-electron chi connectivity index (χ2n) is 6.16. The molecule has 1 aromatic rings. The maximum atomic E-state index is 12.3. The van der Waals surface area contributed by atoms with Crippen molar-refractivity contribution in [2.75, 3.05) is 12.4 Å². The van der Waals surface area contributed by atoms with Crippen molar-refractivity contribution < 1.29 is 14.3 Å². The molecule has 0 unspecified atom stereocenters. The zero-order valence-electron chi connectivity index (χ0n) is 14.5. The number of amides is 1. The third-order valence-electron chi connectivity index (χ3n) is 4.29. The minimum Gasteiger partial charge on any atom is -0.452 e. The molecule has 2 rings (SSSR count). The first kappa shape index (κ1) is 19.3. The number of esters is 1. The molecule has 1 aromatic carbocycles. The number of carbonyl (C=O) groups excluding carboxylic acids is 2. The summed E-state index contributed by atoms with van der Waals surface area (Å²) >= 11 is 1.55. The van der Waals surface area contributed by atoms with Crippen molar-refractivity contribution in [3.63, 3.8) is 0 Å². The quantitative estimate of drug-likeness (QED) is 0.475. The number of nitrogens with one attached hydrogen (secondary N) is 1. The van der Waals surface area contributed by atoms with Crippen LogP contribution in [-0.4, -0.2) is 29.8 Å². The average molecular weight is 360 g/mol. The topological polar surface area (TPSA) is 79.2 Å². The van der Waals surface area contributed by atoms with Crippen LogP contribution in [0.5, 0.6) is 0 Å². The van der Waals surface area contributed by atoms with Crippen LogP contribution in [0.25, 0.3) is 0 Å². The molecule has 25 heavy (non-hydrogen) atoms. The van der Waals surface area contributed by atoms with E-state index < -0.39 is 17.4 Å². The highest BCUT2D eigenvalue weighted by Crippen LogP contribution is 2.26. The van der Waals surface area contributed by atoms with Gasteiger partial charge < -0.3 is 10.1 Å². The molecular weight excluding hydrogens is 336 g/mol. The summed E-state index contributed by atoms with van der Waals surface area (Å²) in [6.45, 7) is 1.64. The van der Waals surface area contributed by atoms with Gasteiger partial charge in [0.1, 0.15) is 5.54 Å². The van der Waals surface area contributed by atoms with Crippen LogP contribution in [0.2, 0.25) is 0 Å². The van der Waals surface area contributed by atoms with E-state index in [1.807, 2.05) is 19.1 Å². The molecular formula is C19H24N2O3S. The van der Waals surface area contributed by atoms with E-state index >= 15 is 0 Å². The number of benzene rings is 1. The van der Waals surface area contributed by atoms with E-state index in [4.69, 9.17) is 4.74 Å². The summed E-state index contributed by atoms with van der Waals surface area (Å²) in [5, 5.41) is 12.3. The van der Waals surface area contributed by atoms with Gasteiger partial charge in [0.05, 0.1) is 11.6 Å². The summed E-state index contributed by atoms with van der Waals surface area (Å²) in [6, 6.07) is 9.45. The van der Waals surface area contributed by atoms with E-state index in [1.54, 1.807) is 23.9 Å². The lowest BCUT2D eigenvalue weighted by atomic mass is 9.92. The van der Waals surface area contributed by atoms with Crippen molar-refractivity contribution in [2.45, 2.75) is 55.9 Å². The Bertz CT molecular complexity index is 646. The fraction of sp³-hybridized carbons (Fsp3) is 0.526. The van der Waals surface area contributed by atoms with Gasteiger partial charge >= 0.3 is 5.97 Å². The van der Waals surface area contributed by atoms with Gasteiger partial charge in [0.25, 0.3) is 5.91 Å². The first-order valence-corrected chi connectivity index (χ1v) is 9.70. The normalized spacial score (nSPS) is 16.3. The Morgan fingerprint density at radius 2 is 1.92 bits per heavy atom. The predicted octanol–water partition coefficient (Wildman–Crippen LogP) is 3.69. The lowest BCUT2D eigenvalue weighted by Crippen LogP contribution is -2.48. The van der Waals surface area contributed by atoms with Crippen LogP contribution in [0, 0.1) is 11.3 Å². The lowest BCUT2D eigenvalue weighted by molar-refractivity contribution is -0.125. The largest absolute Gasteiger partial charge is 0.452 e. The van der Waals surface area contributed by atoms with Gasteiger partial charge in [-0.3, -0.25) is 4.79 Å². The molecule has 1 amide bonds. The van der Waals surface area contributed by atoms with Crippen LogP contribution in [0.3, 0.4) is 0 Å². The molecule has 1 aliphatic rings. The highest BCUT2D eigenvalue weighted by Gasteiger charge is 2.32. The number of rotatable bonds is 6. The van der Waals surface area contributed by atoms with Crippen LogP contribution < -0.4 is 5.32 Å². The third-order valence-corrected chi connectivity index (χ3v) is 5.25. The highest BCUT2D eigenvalue weighted by atomic mass is 32.2. The van der Waals surface area contributed by atoms with Gasteiger partial charge in [0.2, 0.25) is 0 Å². The van der Waals surface area contributed by atoms with Crippen molar-refractivity contribution in [2.24, 2.45) is 0 Å². The number of hydrogen-bond acceptors (Lipinski definition) is 5. The van der Waals surface area contributed by atoms with Crippen molar-refractivity contribution in [1.82, 2.24) is 5.32 Å². The molecule has 0 radical (unpaired) electrons. The van der Waals surface area contributed by atoms with E-state index in [9.17, 15) is 14.9 Å². The summed E-state index contributed by atoms with van der Waals surface area (Å²) in [5.41, 5.74) is -0.359. The van der Waals surface area contributed by atoms with E-state index in [0.29, 0.717) is 18.4 Å². The van der Waals surface area contributed by atoms with Crippen LogP contribution in [0.15, 0.2) is 29.2 Å². The lowest BCUT2D eigenvalue weighted by Gasteiger charge is -2.26. The zero-order chi connectivity index (χ0) is 18.1. The van der Waals surface area contributed by atoms with Crippen LogP contribution in [-0.2, 0) is 9.53 Å². The number of carbonyl (C=O) groups is 2. The van der Waals surface area contributed by atoms with Crippen molar-refractivity contribution >= 4 is 23.6 Å². The molecule has 0 bridgehead atoms. The smallest absolute Gasteiger partial charge is 0.339 e. The fourth-order valence-electron chi connectivity index (χ4n) is 3.03. The van der Waals surface area contributed by atoms with Gasteiger partial charge in [-0.05, 0) is 30.7 Å². The predicted molar refractivity (Wildman–Crippen MR) is 97.3 cm³/mol. The SMILES string of the molecule is CCSc1ccccc1C(=O)OCC(=O)NC1(C#N)CCCCCC1. The number of nitrogens with zero attached hydrogens (tertiary/aromatic N) is 1. The van der Waals surface area contributed by atoms with Gasteiger partial charge in [-0.25, -0.2) is 4.79 Å². The highest BCUT2D eigenvalue weighted by molar-refractivity contribution is 7.99. The molecule has 134 valence electrons. The number of thioether (sulfide) groups is 1. The molecule has 1 aliphatic carbocycles. The zero-order valence-corrected chi connectivity index (χ0v) is 15.4. The summed E-state index contributed by atoms with van der Waals surface area (Å²) in [6.07, 6.45) is 5.32. The van der Waals surface area contributed by atoms with Crippen LogP contribution >= 0.6 is 11.8 Å². The number of hydrogen-bond donors (Lipinski definition) is 1. The van der Waals surface area contributed by atoms with Gasteiger partial charge in [0, 0.05) is 4.90 Å². The standard InChI is InChI=1S/C19H24N2O3S/c1-2-25-16-10-6-5-9-15(16)18(23)24-13-17(22)21-19(14-20)11-7-3-4-8-12-19/h5-6,9-10H,2-4,7-8,11-13H2,1H3,(H,21,22). The minimum absolute atomic E-state index is 0.368. The second-order valence-corrected chi connectivity index (χ2v) is 7.47. The van der Waals surface area contributed by atoms with Crippen molar-refractivity contribution in [3.05, 3.63) is 29.8 Å². The van der Waals surface area contributed by atoms with Crippen molar-refractivity contribution in [3.8, 4) is 6.07 Å². The van der Waals surface area contributed by atoms with E-state index in [1.165, 1.54) is 0 Å². The van der Waals surface area contributed by atoms with Crippen molar-refractivity contribution in [1.29, 1.82) is 5.26 Å². The van der Waals surface area contributed by atoms with E-state index in [-0.39, 0.29) is 6.61 Å². The molecule has 1 fully saturated rings. The fourth-order valence-corrected chi connectivity index (χ4v) is 3.82. The third kappa shape index (κ3) is 5.50. The number of nitriles is 1. The van der Waals surface area contributed by atoms with E-state index in [2.05, 4.69) is 11.4 Å². The first-order valence-electron chi connectivity index (χ1n) is 8.71. The Balaban J connectivity index is 1.93. The maximum Gasteiger partial charge on any atom is 0.339 e. The molecule has 1 saturated carbocycles. The summed E-state index contributed by atoms with van der Waals surface area (Å²) in [5.74, 6) is -0.0915. The maximum absolute atomic E-state index is 12.3. The molecule has 5 nitrogen and oxygen atoms in total. The molecule has 0 saturated heterocycles. The molecule has 0 heterocycles. The first-order chi connectivity index (χ1) is 12.1. The Labute approximate surface area is 153 Å². The summed E-state index contributed by atoms with van der Waals surface area (Å²) in [4.78, 5) is 25.3. The van der Waals surface area contributed by atoms with Gasteiger partial charge in [-0.1, -0.05) is 44.7 Å². The second kappa shape index (κ2) is 9.47. The Morgan fingerprint density at radius 3 is 2.56 bits per heavy atom. The van der Waals surface area contributed by atoms with Gasteiger partial charge in [-0.2, -0.15) is 5.26 Å². The molecule has 1 N–H and O–H groups in total. The van der Waals surface area contributed by atoms with Gasteiger partial charge in [0.15, 0.2) is 6.61 Å². The summed E-state index contributed by atoms with van der Waals surface area (Å²) < 4.78 is 5.17. The Hall–Kier alpha value is -2.00. The summed E-state index contributed by atoms with van der Waals surface area (Å²) in [7, 11) is 0. The minimum atomic E-state index is -0.823. The molecule has 0 aromatic heterocycles. The van der Waals surface area contributed by atoms with Crippen LogP contribution in [0.4, 0.5) is 0 Å². The molecule has 6 heteroatoms. The van der Waals surface area contributed by atoms with Gasteiger partial charge in [-0.15, -0.1) is 11.8 Å². The number of ether oxygens (including phenoxy) is 1. The van der Waals surface area contributed by atoms with E-state index in [0.717, 1.165) is 36.3 Å². The average Bonchev–Trinajstić information content (AvgIpc) is 2.86. The Morgan fingerprint density at radius 1 is 1.24 bits per heavy atom. The Kier molecular flexibility index (Phi) is 7.32. The molecule has 0 aliphatic heterocycles. The molecule has 0 spiro atoms.